The zero-order valence-electron chi connectivity index (χ0n) is 13.0. The topological polar surface area (TPSA) is 56.7 Å². The molecule has 8 heteroatoms. The highest BCUT2D eigenvalue weighted by Gasteiger charge is 2.32. The van der Waals surface area contributed by atoms with Gasteiger partial charge < -0.3 is 14.9 Å². The number of carbonyl (C=O) groups is 1. The molecule has 1 fully saturated rings. The van der Waals surface area contributed by atoms with Gasteiger partial charge in [0.1, 0.15) is 5.82 Å². The predicted molar refractivity (Wildman–Crippen MR) is 79.3 cm³/mol. The van der Waals surface area contributed by atoms with Gasteiger partial charge in [0.15, 0.2) is 0 Å². The number of aromatic nitrogens is 1. The quantitative estimate of drug-likeness (QED) is 0.921. The van der Waals surface area contributed by atoms with Gasteiger partial charge in [-0.05, 0) is 39.1 Å². The molecule has 1 saturated heterocycles. The zero-order valence-corrected chi connectivity index (χ0v) is 13.0. The third-order valence-electron chi connectivity index (χ3n) is 4.20. The standard InChI is InChI=1S/C15H20F3N3O2/c1-20(2)12-5-3-10(14(22)23)8-21(9-12)13-6-4-11(7-19-13)15(16,17)18/h4,6-7,10,12H,3,5,8-9H2,1-2H3,(H,22,23)/t10-,12+/m0/s1. The number of rotatable bonds is 3. The lowest BCUT2D eigenvalue weighted by Crippen LogP contribution is -2.40. The molecule has 1 aromatic heterocycles. The summed E-state index contributed by atoms with van der Waals surface area (Å²) in [5.41, 5.74) is -0.810. The van der Waals surface area contributed by atoms with Crippen LogP contribution in [0, 0.1) is 5.92 Å². The van der Waals surface area contributed by atoms with E-state index in [4.69, 9.17) is 0 Å². The average Bonchev–Trinajstić information content (AvgIpc) is 2.69. The lowest BCUT2D eigenvalue weighted by atomic mass is 10.0. The van der Waals surface area contributed by atoms with Crippen LogP contribution in [0.15, 0.2) is 18.3 Å². The van der Waals surface area contributed by atoms with E-state index in [0.29, 0.717) is 18.8 Å². The van der Waals surface area contributed by atoms with Crippen molar-refractivity contribution in [2.24, 2.45) is 5.92 Å². The molecule has 0 radical (unpaired) electrons. The van der Waals surface area contributed by atoms with Crippen LogP contribution in [0.2, 0.25) is 0 Å². The summed E-state index contributed by atoms with van der Waals surface area (Å²) < 4.78 is 37.9. The first-order valence-corrected chi connectivity index (χ1v) is 7.36. The van der Waals surface area contributed by atoms with Crippen LogP contribution in [0.4, 0.5) is 19.0 Å². The van der Waals surface area contributed by atoms with E-state index < -0.39 is 23.6 Å². The number of anilines is 1. The number of likely N-dealkylation sites (N-methyl/N-ethyl adjacent to an activating group) is 1. The Kier molecular flexibility index (Phi) is 5.13. The molecule has 1 aromatic rings. The summed E-state index contributed by atoms with van der Waals surface area (Å²) >= 11 is 0. The third kappa shape index (κ3) is 4.34. The molecule has 1 aliphatic rings. The second-order valence-corrected chi connectivity index (χ2v) is 6.04. The van der Waals surface area contributed by atoms with Gasteiger partial charge in [0, 0.05) is 25.3 Å². The van der Waals surface area contributed by atoms with E-state index in [0.717, 1.165) is 18.7 Å². The SMILES string of the molecule is CN(C)[C@@H]1CC[C@H](C(=O)O)CN(c2ccc(C(F)(F)F)cn2)C1. The van der Waals surface area contributed by atoms with E-state index in [9.17, 15) is 23.1 Å². The number of halogens is 3. The van der Waals surface area contributed by atoms with Crippen LogP contribution < -0.4 is 4.90 Å². The number of nitrogens with zero attached hydrogens (tertiary/aromatic N) is 3. The summed E-state index contributed by atoms with van der Waals surface area (Å²) in [6, 6.07) is 2.41. The number of hydrogen-bond acceptors (Lipinski definition) is 4. The minimum atomic E-state index is -4.43. The van der Waals surface area contributed by atoms with Crippen molar-refractivity contribution in [2.75, 3.05) is 32.1 Å². The smallest absolute Gasteiger partial charge is 0.417 e. The van der Waals surface area contributed by atoms with E-state index in [1.807, 2.05) is 19.0 Å². The summed E-state index contributed by atoms with van der Waals surface area (Å²) in [6.07, 6.45) is -2.38. The average molecular weight is 331 g/mol. The van der Waals surface area contributed by atoms with Crippen molar-refractivity contribution in [3.63, 3.8) is 0 Å². The fraction of sp³-hybridized carbons (Fsp3) is 0.600. The normalized spacial score (nSPS) is 23.0. The van der Waals surface area contributed by atoms with E-state index in [2.05, 4.69) is 4.98 Å². The van der Waals surface area contributed by atoms with Crippen molar-refractivity contribution in [1.82, 2.24) is 9.88 Å². The molecule has 2 heterocycles. The van der Waals surface area contributed by atoms with Crippen molar-refractivity contribution in [3.05, 3.63) is 23.9 Å². The first-order chi connectivity index (χ1) is 10.7. The highest BCUT2D eigenvalue weighted by molar-refractivity contribution is 5.71. The molecule has 5 nitrogen and oxygen atoms in total. The molecule has 0 spiro atoms. The summed E-state index contributed by atoms with van der Waals surface area (Å²) in [5, 5.41) is 9.29. The van der Waals surface area contributed by atoms with Crippen LogP contribution >= 0.6 is 0 Å². The predicted octanol–water partition coefficient (Wildman–Crippen LogP) is 2.33. The Hall–Kier alpha value is -1.83. The molecule has 23 heavy (non-hydrogen) atoms. The zero-order chi connectivity index (χ0) is 17.2. The van der Waals surface area contributed by atoms with Gasteiger partial charge in [0.25, 0.3) is 0 Å². The largest absolute Gasteiger partial charge is 0.481 e. The Morgan fingerprint density at radius 2 is 2.00 bits per heavy atom. The van der Waals surface area contributed by atoms with Gasteiger partial charge in [-0.3, -0.25) is 4.79 Å². The lowest BCUT2D eigenvalue weighted by Gasteiger charge is -2.29. The van der Waals surface area contributed by atoms with Crippen molar-refractivity contribution in [3.8, 4) is 0 Å². The molecule has 0 bridgehead atoms. The maximum atomic E-state index is 12.6. The van der Waals surface area contributed by atoms with Gasteiger partial charge in [-0.1, -0.05) is 0 Å². The maximum absolute atomic E-state index is 12.6. The minimum absolute atomic E-state index is 0.128. The Morgan fingerprint density at radius 3 is 2.48 bits per heavy atom. The lowest BCUT2D eigenvalue weighted by molar-refractivity contribution is -0.141. The number of aliphatic carboxylic acids is 1. The Bertz CT molecular complexity index is 546. The molecule has 0 amide bonds. The van der Waals surface area contributed by atoms with E-state index in [1.54, 1.807) is 4.90 Å². The number of carboxylic acid groups (broad SMARTS) is 1. The minimum Gasteiger partial charge on any atom is -0.481 e. The fourth-order valence-electron chi connectivity index (χ4n) is 2.72. The Morgan fingerprint density at radius 1 is 1.30 bits per heavy atom. The maximum Gasteiger partial charge on any atom is 0.417 e. The van der Waals surface area contributed by atoms with Crippen LogP contribution in [0.25, 0.3) is 0 Å². The highest BCUT2D eigenvalue weighted by Crippen LogP contribution is 2.30. The first kappa shape index (κ1) is 17.5. The summed E-state index contributed by atoms with van der Waals surface area (Å²) in [5.74, 6) is -1.07. The molecule has 0 aliphatic carbocycles. The molecule has 1 N–H and O–H groups in total. The summed E-state index contributed by atoms with van der Waals surface area (Å²) in [6.45, 7) is 0.785. The van der Waals surface area contributed by atoms with Gasteiger partial charge in [0.05, 0.1) is 11.5 Å². The second-order valence-electron chi connectivity index (χ2n) is 6.04. The van der Waals surface area contributed by atoms with Crippen molar-refractivity contribution in [1.29, 1.82) is 0 Å². The van der Waals surface area contributed by atoms with Crippen LogP contribution in [0.5, 0.6) is 0 Å². The van der Waals surface area contributed by atoms with Crippen molar-refractivity contribution in [2.45, 2.75) is 25.1 Å². The first-order valence-electron chi connectivity index (χ1n) is 7.36. The second kappa shape index (κ2) is 6.74. The third-order valence-corrected chi connectivity index (χ3v) is 4.20. The monoisotopic (exact) mass is 331 g/mol. The van der Waals surface area contributed by atoms with E-state index >= 15 is 0 Å². The number of carboxylic acids is 1. The molecular formula is C15H20F3N3O2. The summed E-state index contributed by atoms with van der Waals surface area (Å²) in [4.78, 5) is 19.0. The van der Waals surface area contributed by atoms with Gasteiger partial charge in [-0.2, -0.15) is 13.2 Å². The molecule has 0 aromatic carbocycles. The van der Waals surface area contributed by atoms with Crippen molar-refractivity contribution >= 4 is 11.8 Å². The van der Waals surface area contributed by atoms with Gasteiger partial charge in [-0.25, -0.2) is 4.98 Å². The van der Waals surface area contributed by atoms with Gasteiger partial charge >= 0.3 is 12.1 Å². The molecule has 0 unspecified atom stereocenters. The molecule has 1 aliphatic heterocycles. The number of pyridine rings is 1. The Labute approximate surface area is 132 Å². The van der Waals surface area contributed by atoms with E-state index in [1.165, 1.54) is 6.07 Å². The van der Waals surface area contributed by atoms with Crippen LogP contribution in [-0.4, -0.2) is 54.2 Å². The van der Waals surface area contributed by atoms with E-state index in [-0.39, 0.29) is 12.6 Å². The van der Waals surface area contributed by atoms with Gasteiger partial charge in [-0.15, -0.1) is 0 Å². The van der Waals surface area contributed by atoms with Crippen LogP contribution in [0.3, 0.4) is 0 Å². The van der Waals surface area contributed by atoms with Gasteiger partial charge in [0.2, 0.25) is 0 Å². The summed E-state index contributed by atoms with van der Waals surface area (Å²) in [7, 11) is 3.81. The Balaban J connectivity index is 2.24. The molecule has 128 valence electrons. The molecular weight excluding hydrogens is 311 g/mol. The van der Waals surface area contributed by atoms with Crippen molar-refractivity contribution < 1.29 is 23.1 Å². The molecule has 2 atom stereocenters. The van der Waals surface area contributed by atoms with Crippen LogP contribution in [0.1, 0.15) is 18.4 Å². The van der Waals surface area contributed by atoms with Crippen LogP contribution in [-0.2, 0) is 11.0 Å². The number of hydrogen-bond donors (Lipinski definition) is 1. The number of alkyl halides is 3. The fourth-order valence-corrected chi connectivity index (χ4v) is 2.72. The molecule has 0 saturated carbocycles. The highest BCUT2D eigenvalue weighted by atomic mass is 19.4. The molecule has 2 rings (SSSR count).